The molecule has 84 valence electrons. The molecule has 0 aliphatic heterocycles. The van der Waals surface area contributed by atoms with Gasteiger partial charge >= 0.3 is 0 Å². The van der Waals surface area contributed by atoms with Crippen molar-refractivity contribution < 1.29 is 8.81 Å². The summed E-state index contributed by atoms with van der Waals surface area (Å²) in [5.41, 5.74) is 1.65. The predicted octanol–water partition coefficient (Wildman–Crippen LogP) is 4.10. The minimum absolute atomic E-state index is 0.233. The van der Waals surface area contributed by atoms with E-state index in [4.69, 9.17) is 4.42 Å². The first-order valence-corrected chi connectivity index (χ1v) is 5.68. The Bertz CT molecular complexity index is 475. The average molecular weight is 284 g/mol. The van der Waals surface area contributed by atoms with Crippen LogP contribution in [0.3, 0.4) is 0 Å². The van der Waals surface area contributed by atoms with Gasteiger partial charge in [0.15, 0.2) is 4.67 Å². The van der Waals surface area contributed by atoms with Crippen LogP contribution in [0.1, 0.15) is 11.3 Å². The maximum absolute atomic E-state index is 13.1. The lowest BCUT2D eigenvalue weighted by Gasteiger charge is -2.05. The van der Waals surface area contributed by atoms with Crippen LogP contribution >= 0.6 is 15.9 Å². The Morgan fingerprint density at radius 2 is 2.12 bits per heavy atom. The minimum atomic E-state index is -0.233. The summed E-state index contributed by atoms with van der Waals surface area (Å²) < 4.78 is 19.1. The summed E-state index contributed by atoms with van der Waals surface area (Å²) in [4.78, 5) is 0. The average Bonchev–Trinajstić information content (AvgIpc) is 2.60. The first kappa shape index (κ1) is 11.2. The molecule has 0 saturated carbocycles. The molecule has 2 rings (SSSR count). The summed E-state index contributed by atoms with van der Waals surface area (Å²) in [6.07, 6.45) is 0. The van der Waals surface area contributed by atoms with E-state index in [1.54, 1.807) is 0 Å². The number of hydrogen-bond acceptors (Lipinski definition) is 2. The fraction of sp³-hybridized carbons (Fsp3) is 0.167. The SMILES string of the molecule is Cc1cc(F)cc(NCc2ccc(Br)o2)c1. The molecule has 1 aromatic carbocycles. The molecule has 16 heavy (non-hydrogen) atoms. The smallest absolute Gasteiger partial charge is 0.169 e. The van der Waals surface area contributed by atoms with Gasteiger partial charge in [-0.15, -0.1) is 0 Å². The molecule has 0 radical (unpaired) electrons. The molecule has 0 unspecified atom stereocenters. The largest absolute Gasteiger partial charge is 0.452 e. The van der Waals surface area contributed by atoms with Gasteiger partial charge in [0, 0.05) is 5.69 Å². The third kappa shape index (κ3) is 2.85. The maximum Gasteiger partial charge on any atom is 0.169 e. The van der Waals surface area contributed by atoms with Crippen molar-refractivity contribution in [2.75, 3.05) is 5.32 Å². The number of furan rings is 1. The number of rotatable bonds is 3. The number of benzene rings is 1. The number of halogens is 2. The number of anilines is 1. The van der Waals surface area contributed by atoms with E-state index in [9.17, 15) is 4.39 Å². The molecule has 0 amide bonds. The summed E-state index contributed by atoms with van der Waals surface area (Å²) in [6, 6.07) is 8.54. The highest BCUT2D eigenvalue weighted by Crippen LogP contribution is 2.17. The van der Waals surface area contributed by atoms with Gasteiger partial charge < -0.3 is 9.73 Å². The van der Waals surface area contributed by atoms with Crippen LogP contribution in [0.2, 0.25) is 0 Å². The first-order valence-electron chi connectivity index (χ1n) is 4.89. The molecule has 2 aromatic rings. The highest BCUT2D eigenvalue weighted by molar-refractivity contribution is 9.10. The third-order valence-electron chi connectivity index (χ3n) is 2.14. The van der Waals surface area contributed by atoms with Gasteiger partial charge in [-0.25, -0.2) is 4.39 Å². The molecule has 0 spiro atoms. The van der Waals surface area contributed by atoms with E-state index >= 15 is 0 Å². The Morgan fingerprint density at radius 1 is 1.31 bits per heavy atom. The van der Waals surface area contributed by atoms with Crippen LogP contribution in [0.25, 0.3) is 0 Å². The van der Waals surface area contributed by atoms with Crippen LogP contribution in [0.5, 0.6) is 0 Å². The van der Waals surface area contributed by atoms with Crippen LogP contribution < -0.4 is 5.32 Å². The van der Waals surface area contributed by atoms with Gasteiger partial charge in [-0.1, -0.05) is 0 Å². The highest BCUT2D eigenvalue weighted by atomic mass is 79.9. The van der Waals surface area contributed by atoms with Crippen LogP contribution in [0.15, 0.2) is 39.4 Å². The van der Waals surface area contributed by atoms with E-state index in [1.807, 2.05) is 25.1 Å². The normalized spacial score (nSPS) is 10.4. The van der Waals surface area contributed by atoms with Crippen molar-refractivity contribution in [3.8, 4) is 0 Å². The van der Waals surface area contributed by atoms with Gasteiger partial charge in [0.1, 0.15) is 11.6 Å². The zero-order chi connectivity index (χ0) is 11.5. The molecule has 0 fully saturated rings. The van der Waals surface area contributed by atoms with Crippen LogP contribution in [0, 0.1) is 12.7 Å². The van der Waals surface area contributed by atoms with Crippen molar-refractivity contribution in [2.24, 2.45) is 0 Å². The lowest BCUT2D eigenvalue weighted by atomic mass is 10.2. The molecule has 0 bridgehead atoms. The fourth-order valence-corrected chi connectivity index (χ4v) is 1.81. The van der Waals surface area contributed by atoms with Gasteiger partial charge in [-0.2, -0.15) is 0 Å². The quantitative estimate of drug-likeness (QED) is 0.917. The van der Waals surface area contributed by atoms with Crippen molar-refractivity contribution >= 4 is 21.6 Å². The Morgan fingerprint density at radius 3 is 2.75 bits per heavy atom. The van der Waals surface area contributed by atoms with Gasteiger partial charge in [0.05, 0.1) is 6.54 Å². The van der Waals surface area contributed by atoms with Gasteiger partial charge in [0.25, 0.3) is 0 Å². The van der Waals surface area contributed by atoms with E-state index in [0.717, 1.165) is 17.0 Å². The maximum atomic E-state index is 13.1. The molecule has 0 atom stereocenters. The van der Waals surface area contributed by atoms with E-state index in [-0.39, 0.29) is 5.82 Å². The molecule has 1 aromatic heterocycles. The topological polar surface area (TPSA) is 25.2 Å². The van der Waals surface area contributed by atoms with Crippen molar-refractivity contribution in [3.63, 3.8) is 0 Å². The van der Waals surface area contributed by atoms with Crippen LogP contribution in [-0.2, 0) is 6.54 Å². The summed E-state index contributed by atoms with van der Waals surface area (Å²) >= 11 is 3.23. The van der Waals surface area contributed by atoms with Crippen LogP contribution in [-0.4, -0.2) is 0 Å². The molecular formula is C12H11BrFNO. The van der Waals surface area contributed by atoms with E-state index in [0.29, 0.717) is 11.2 Å². The predicted molar refractivity (Wildman–Crippen MR) is 64.9 cm³/mol. The van der Waals surface area contributed by atoms with E-state index < -0.39 is 0 Å². The Balaban J connectivity index is 2.04. The van der Waals surface area contributed by atoms with Crippen molar-refractivity contribution in [1.29, 1.82) is 0 Å². The zero-order valence-corrected chi connectivity index (χ0v) is 10.3. The second-order valence-electron chi connectivity index (χ2n) is 3.58. The lowest BCUT2D eigenvalue weighted by molar-refractivity contribution is 0.495. The summed E-state index contributed by atoms with van der Waals surface area (Å²) in [5, 5.41) is 3.10. The third-order valence-corrected chi connectivity index (χ3v) is 2.56. The van der Waals surface area contributed by atoms with Gasteiger partial charge in [0.2, 0.25) is 0 Å². The van der Waals surface area contributed by atoms with Gasteiger partial charge in [-0.05, 0) is 58.7 Å². The highest BCUT2D eigenvalue weighted by Gasteiger charge is 2.01. The van der Waals surface area contributed by atoms with Crippen molar-refractivity contribution in [2.45, 2.75) is 13.5 Å². The molecule has 2 nitrogen and oxygen atoms in total. The van der Waals surface area contributed by atoms with E-state index in [1.165, 1.54) is 12.1 Å². The van der Waals surface area contributed by atoms with Crippen molar-refractivity contribution in [3.05, 3.63) is 52.1 Å². The van der Waals surface area contributed by atoms with Crippen molar-refractivity contribution in [1.82, 2.24) is 0 Å². The molecule has 0 saturated heterocycles. The Hall–Kier alpha value is -1.29. The number of nitrogens with one attached hydrogen (secondary N) is 1. The summed E-state index contributed by atoms with van der Waals surface area (Å²) in [5.74, 6) is 0.567. The second-order valence-corrected chi connectivity index (χ2v) is 4.36. The first-order chi connectivity index (χ1) is 7.63. The summed E-state index contributed by atoms with van der Waals surface area (Å²) in [6.45, 7) is 2.40. The summed E-state index contributed by atoms with van der Waals surface area (Å²) in [7, 11) is 0. The standard InChI is InChI=1S/C12H11BrFNO/c1-8-4-9(14)6-10(5-8)15-7-11-2-3-12(13)16-11/h2-6,15H,7H2,1H3. The molecular weight excluding hydrogens is 273 g/mol. The molecule has 1 heterocycles. The molecule has 4 heteroatoms. The monoisotopic (exact) mass is 283 g/mol. The number of hydrogen-bond donors (Lipinski definition) is 1. The van der Waals surface area contributed by atoms with Gasteiger partial charge in [-0.3, -0.25) is 0 Å². The Labute approximate surface area is 102 Å². The minimum Gasteiger partial charge on any atom is -0.452 e. The lowest BCUT2D eigenvalue weighted by Crippen LogP contribution is -1.98. The second kappa shape index (κ2) is 4.70. The number of aryl methyl sites for hydroxylation is 1. The van der Waals surface area contributed by atoms with Crippen LogP contribution in [0.4, 0.5) is 10.1 Å². The Kier molecular flexibility index (Phi) is 3.29. The molecule has 1 N–H and O–H groups in total. The fourth-order valence-electron chi connectivity index (χ4n) is 1.47. The molecule has 0 aliphatic carbocycles. The van der Waals surface area contributed by atoms with E-state index in [2.05, 4.69) is 21.2 Å². The molecule has 0 aliphatic rings. The zero-order valence-electron chi connectivity index (χ0n) is 8.76.